The van der Waals surface area contributed by atoms with Crippen LogP contribution in [0.25, 0.3) is 11.1 Å². The minimum absolute atomic E-state index is 0.167. The third kappa shape index (κ3) is 6.63. The molecule has 2 aromatic rings. The molecular formula is C34H39FN2OS. The number of thioether (sulfide) groups is 1. The number of benzene rings is 2. The molecule has 5 rings (SSSR count). The number of rotatable bonds is 6. The molecule has 0 spiro atoms. The van der Waals surface area contributed by atoms with Crippen LogP contribution >= 0.6 is 11.8 Å². The predicted molar refractivity (Wildman–Crippen MR) is 162 cm³/mol. The number of carbonyl (C=O) groups is 1. The van der Waals surface area contributed by atoms with Crippen LogP contribution in [-0.4, -0.2) is 28.9 Å². The number of aryl methyl sites for hydroxylation is 1. The molecule has 1 atom stereocenters. The maximum atomic E-state index is 14.0. The van der Waals surface area contributed by atoms with Crippen molar-refractivity contribution in [2.75, 3.05) is 13.1 Å². The van der Waals surface area contributed by atoms with Gasteiger partial charge in [-0.2, -0.15) is 0 Å². The first-order chi connectivity index (χ1) is 18.9. The molecule has 2 heterocycles. The monoisotopic (exact) mass is 542 g/mol. The van der Waals surface area contributed by atoms with E-state index in [0.717, 1.165) is 75.1 Å². The van der Waals surface area contributed by atoms with Crippen molar-refractivity contribution in [1.82, 2.24) is 4.90 Å². The molecule has 2 aromatic carbocycles. The average Bonchev–Trinajstić information content (AvgIpc) is 3.23. The molecule has 1 aliphatic carbocycles. The van der Waals surface area contributed by atoms with Crippen LogP contribution in [0.5, 0.6) is 0 Å². The fourth-order valence-corrected chi connectivity index (χ4v) is 7.38. The Kier molecular flexibility index (Phi) is 8.86. The van der Waals surface area contributed by atoms with Gasteiger partial charge in [0.15, 0.2) is 0 Å². The lowest BCUT2D eigenvalue weighted by Gasteiger charge is -2.28. The highest BCUT2D eigenvalue weighted by Gasteiger charge is 2.25. The van der Waals surface area contributed by atoms with Crippen molar-refractivity contribution in [3.8, 4) is 0 Å². The number of carbonyl (C=O) groups excluding carboxylic acids is 1. The summed E-state index contributed by atoms with van der Waals surface area (Å²) in [6, 6.07) is 16.0. The van der Waals surface area contributed by atoms with Crippen molar-refractivity contribution in [1.29, 1.82) is 5.41 Å². The second kappa shape index (κ2) is 12.5. The number of hydrogen-bond acceptors (Lipinski definition) is 3. The molecule has 0 saturated carbocycles. The third-order valence-corrected chi connectivity index (χ3v) is 9.57. The lowest BCUT2D eigenvalue weighted by atomic mass is 9.77. The fraction of sp³-hybridized carbons (Fsp3) is 0.412. The quantitative estimate of drug-likeness (QED) is 0.396. The molecule has 0 bridgehead atoms. The summed E-state index contributed by atoms with van der Waals surface area (Å²) in [7, 11) is 0. The van der Waals surface area contributed by atoms with Crippen molar-refractivity contribution >= 4 is 33.9 Å². The van der Waals surface area contributed by atoms with E-state index in [2.05, 4.69) is 48.2 Å². The molecule has 3 nitrogen and oxygen atoms in total. The van der Waals surface area contributed by atoms with Crippen LogP contribution in [0.15, 0.2) is 70.7 Å². The summed E-state index contributed by atoms with van der Waals surface area (Å²) in [5.74, 6) is 0.307. The second-order valence-corrected chi connectivity index (χ2v) is 12.4. The summed E-state index contributed by atoms with van der Waals surface area (Å²) < 4.78 is 14.0. The number of allylic oxidation sites excluding steroid dienone is 4. The average molecular weight is 543 g/mol. The summed E-state index contributed by atoms with van der Waals surface area (Å²) in [5.41, 5.74) is 8.44. The Labute approximate surface area is 236 Å². The SMILES string of the molecule is CC1=C(c2ccccc2)C(CCCC(=O)N2CCC3=C(CC2)SC(=N)CCC3)C=C(c2ccc(F)c(C)c2)C1. The van der Waals surface area contributed by atoms with Crippen LogP contribution in [-0.2, 0) is 4.79 Å². The molecule has 1 amide bonds. The molecule has 1 unspecified atom stereocenters. The first-order valence-electron chi connectivity index (χ1n) is 14.3. The van der Waals surface area contributed by atoms with E-state index in [1.807, 2.05) is 19.1 Å². The summed E-state index contributed by atoms with van der Waals surface area (Å²) in [6.07, 6.45) is 10.4. The first kappa shape index (κ1) is 27.6. The van der Waals surface area contributed by atoms with Gasteiger partial charge in [0.25, 0.3) is 0 Å². The van der Waals surface area contributed by atoms with Gasteiger partial charge in [-0.25, -0.2) is 4.39 Å². The van der Waals surface area contributed by atoms with Gasteiger partial charge in [-0.05, 0) is 110 Å². The highest BCUT2D eigenvalue weighted by Crippen LogP contribution is 2.42. The second-order valence-electron chi connectivity index (χ2n) is 11.2. The van der Waals surface area contributed by atoms with Gasteiger partial charge in [-0.3, -0.25) is 10.2 Å². The Morgan fingerprint density at radius 1 is 1.03 bits per heavy atom. The smallest absolute Gasteiger partial charge is 0.222 e. The Hall–Kier alpha value is -2.92. The molecule has 1 N–H and O–H groups in total. The van der Waals surface area contributed by atoms with E-state index in [-0.39, 0.29) is 17.6 Å². The molecule has 2 aliphatic heterocycles. The van der Waals surface area contributed by atoms with Crippen LogP contribution in [0.3, 0.4) is 0 Å². The first-order valence-corrected chi connectivity index (χ1v) is 15.2. The largest absolute Gasteiger partial charge is 0.342 e. The Bertz CT molecular complexity index is 1340. The van der Waals surface area contributed by atoms with E-state index < -0.39 is 0 Å². The number of nitrogens with one attached hydrogen (secondary N) is 1. The van der Waals surface area contributed by atoms with E-state index in [9.17, 15) is 9.18 Å². The fourth-order valence-electron chi connectivity index (χ4n) is 6.30. The molecule has 0 saturated heterocycles. The van der Waals surface area contributed by atoms with E-state index in [1.165, 1.54) is 32.8 Å². The van der Waals surface area contributed by atoms with Gasteiger partial charge in [0, 0.05) is 25.4 Å². The zero-order chi connectivity index (χ0) is 27.4. The van der Waals surface area contributed by atoms with Crippen molar-refractivity contribution < 1.29 is 9.18 Å². The highest BCUT2D eigenvalue weighted by atomic mass is 32.2. The normalized spacial score (nSPS) is 20.4. The van der Waals surface area contributed by atoms with Crippen molar-refractivity contribution in [3.05, 3.63) is 93.2 Å². The Balaban J connectivity index is 1.27. The molecule has 0 radical (unpaired) electrons. The van der Waals surface area contributed by atoms with Gasteiger partial charge in [0.2, 0.25) is 5.91 Å². The van der Waals surface area contributed by atoms with Crippen LogP contribution in [0.4, 0.5) is 4.39 Å². The lowest BCUT2D eigenvalue weighted by Crippen LogP contribution is -2.32. The molecule has 3 aliphatic rings. The summed E-state index contributed by atoms with van der Waals surface area (Å²) in [4.78, 5) is 16.7. The van der Waals surface area contributed by atoms with Gasteiger partial charge in [0.05, 0.1) is 5.04 Å². The molecule has 39 heavy (non-hydrogen) atoms. The van der Waals surface area contributed by atoms with Crippen LogP contribution in [0, 0.1) is 24.1 Å². The van der Waals surface area contributed by atoms with Crippen molar-refractivity contribution in [2.45, 2.75) is 71.6 Å². The van der Waals surface area contributed by atoms with Crippen LogP contribution < -0.4 is 0 Å². The standard InChI is InChI=1S/C34H39FN2OS/c1-23-20-27(14-15-30(23)35)29-21-24(2)34(26-8-4-3-5-9-26)28(22-29)11-7-13-33(38)37-18-16-25-10-6-12-32(36)39-31(25)17-19-37/h3-5,8-9,14-15,20,22,28,36H,6-7,10-13,16-19,21H2,1-2H3. The topological polar surface area (TPSA) is 44.2 Å². The zero-order valence-corrected chi connectivity index (χ0v) is 24.0. The summed E-state index contributed by atoms with van der Waals surface area (Å²) >= 11 is 1.65. The zero-order valence-electron chi connectivity index (χ0n) is 23.2. The van der Waals surface area contributed by atoms with E-state index in [0.29, 0.717) is 12.0 Å². The molecule has 0 aromatic heterocycles. The van der Waals surface area contributed by atoms with Gasteiger partial charge in [-0.15, -0.1) is 0 Å². The maximum absolute atomic E-state index is 14.0. The van der Waals surface area contributed by atoms with Gasteiger partial charge in [0.1, 0.15) is 5.82 Å². The van der Waals surface area contributed by atoms with E-state index in [4.69, 9.17) is 5.41 Å². The number of halogens is 1. The molecule has 5 heteroatoms. The van der Waals surface area contributed by atoms with Crippen molar-refractivity contribution in [3.63, 3.8) is 0 Å². The molecule has 204 valence electrons. The molecular weight excluding hydrogens is 503 g/mol. The molecule has 0 fully saturated rings. The summed E-state index contributed by atoms with van der Waals surface area (Å²) in [6.45, 7) is 5.61. The van der Waals surface area contributed by atoms with Crippen LogP contribution in [0.2, 0.25) is 0 Å². The van der Waals surface area contributed by atoms with Gasteiger partial charge >= 0.3 is 0 Å². The van der Waals surface area contributed by atoms with Crippen molar-refractivity contribution in [2.24, 2.45) is 5.92 Å². The minimum Gasteiger partial charge on any atom is -0.342 e. The minimum atomic E-state index is -0.167. The Morgan fingerprint density at radius 2 is 1.82 bits per heavy atom. The number of hydrogen-bond donors (Lipinski definition) is 1. The number of amides is 1. The van der Waals surface area contributed by atoms with Gasteiger partial charge < -0.3 is 4.90 Å². The Morgan fingerprint density at radius 3 is 2.62 bits per heavy atom. The van der Waals surface area contributed by atoms with E-state index >= 15 is 0 Å². The third-order valence-electron chi connectivity index (χ3n) is 8.38. The van der Waals surface area contributed by atoms with E-state index in [1.54, 1.807) is 17.8 Å². The van der Waals surface area contributed by atoms with Crippen LogP contribution in [0.1, 0.15) is 81.4 Å². The lowest BCUT2D eigenvalue weighted by molar-refractivity contribution is -0.131. The number of nitrogens with zero attached hydrogens (tertiary/aromatic N) is 1. The van der Waals surface area contributed by atoms with Gasteiger partial charge in [-0.1, -0.05) is 65.4 Å². The maximum Gasteiger partial charge on any atom is 0.222 e. The predicted octanol–water partition coefficient (Wildman–Crippen LogP) is 8.95. The highest BCUT2D eigenvalue weighted by molar-refractivity contribution is 8.17. The summed E-state index contributed by atoms with van der Waals surface area (Å²) in [5, 5.41) is 8.92.